The fraction of sp³-hybridized carbons (Fsp3) is 0.438. The van der Waals surface area contributed by atoms with Crippen LogP contribution in [-0.4, -0.2) is 11.6 Å². The Morgan fingerprint density at radius 1 is 1.26 bits per heavy atom. The second-order valence-electron chi connectivity index (χ2n) is 5.42. The lowest BCUT2D eigenvalue weighted by molar-refractivity contribution is 0.300. The number of aromatic nitrogens is 1. The van der Waals surface area contributed by atoms with Gasteiger partial charge in [0.1, 0.15) is 5.75 Å². The Bertz CT molecular complexity index is 564. The SMILES string of the molecule is Cc1cc(OCCCC(C)C)c2cc(N)ccc2n1. The van der Waals surface area contributed by atoms with Crippen LogP contribution in [0.2, 0.25) is 0 Å². The van der Waals surface area contributed by atoms with E-state index in [-0.39, 0.29) is 0 Å². The van der Waals surface area contributed by atoms with E-state index in [0.29, 0.717) is 0 Å². The average molecular weight is 258 g/mol. The summed E-state index contributed by atoms with van der Waals surface area (Å²) in [5.41, 5.74) is 8.49. The highest BCUT2D eigenvalue weighted by Gasteiger charge is 2.06. The zero-order chi connectivity index (χ0) is 13.8. The molecule has 0 unspecified atom stereocenters. The Balaban J connectivity index is 2.19. The molecule has 0 bridgehead atoms. The average Bonchev–Trinajstić information content (AvgIpc) is 2.35. The summed E-state index contributed by atoms with van der Waals surface area (Å²) in [7, 11) is 0. The molecule has 0 aliphatic heterocycles. The maximum atomic E-state index is 5.91. The molecule has 0 spiro atoms. The summed E-state index contributed by atoms with van der Waals surface area (Å²) in [5, 5.41) is 0.996. The second-order valence-corrected chi connectivity index (χ2v) is 5.42. The fourth-order valence-electron chi connectivity index (χ4n) is 2.13. The molecule has 0 atom stereocenters. The summed E-state index contributed by atoms with van der Waals surface area (Å²) in [6, 6.07) is 7.73. The van der Waals surface area contributed by atoms with Crippen molar-refractivity contribution >= 4 is 16.6 Å². The molecule has 3 heteroatoms. The molecule has 0 saturated heterocycles. The van der Waals surface area contributed by atoms with Gasteiger partial charge in [0.2, 0.25) is 0 Å². The normalized spacial score (nSPS) is 11.2. The van der Waals surface area contributed by atoms with E-state index in [1.807, 2.05) is 31.2 Å². The van der Waals surface area contributed by atoms with Crippen molar-refractivity contribution in [2.24, 2.45) is 5.92 Å². The minimum atomic E-state index is 0.718. The predicted molar refractivity (Wildman–Crippen MR) is 80.5 cm³/mol. The number of hydrogen-bond acceptors (Lipinski definition) is 3. The van der Waals surface area contributed by atoms with Crippen molar-refractivity contribution in [3.05, 3.63) is 30.0 Å². The van der Waals surface area contributed by atoms with Crippen molar-refractivity contribution in [3.63, 3.8) is 0 Å². The van der Waals surface area contributed by atoms with Crippen molar-refractivity contribution in [1.82, 2.24) is 4.98 Å². The first-order valence-corrected chi connectivity index (χ1v) is 6.86. The topological polar surface area (TPSA) is 48.1 Å². The van der Waals surface area contributed by atoms with Gasteiger partial charge in [0.25, 0.3) is 0 Å². The molecule has 1 aromatic carbocycles. The van der Waals surface area contributed by atoms with Crippen molar-refractivity contribution in [2.75, 3.05) is 12.3 Å². The van der Waals surface area contributed by atoms with Gasteiger partial charge in [0, 0.05) is 22.8 Å². The van der Waals surface area contributed by atoms with Gasteiger partial charge < -0.3 is 10.5 Å². The monoisotopic (exact) mass is 258 g/mol. The standard InChI is InChI=1S/C16H22N2O/c1-11(2)5-4-8-19-16-9-12(3)18-15-7-6-13(17)10-14(15)16/h6-7,9-11H,4-5,8,17H2,1-3H3. The van der Waals surface area contributed by atoms with Gasteiger partial charge in [-0.25, -0.2) is 0 Å². The van der Waals surface area contributed by atoms with E-state index in [9.17, 15) is 0 Å². The maximum Gasteiger partial charge on any atom is 0.130 e. The highest BCUT2D eigenvalue weighted by molar-refractivity contribution is 5.87. The highest BCUT2D eigenvalue weighted by Crippen LogP contribution is 2.27. The number of fused-ring (bicyclic) bond motifs is 1. The minimum absolute atomic E-state index is 0.718. The molecule has 0 saturated carbocycles. The fourth-order valence-corrected chi connectivity index (χ4v) is 2.13. The third-order valence-electron chi connectivity index (χ3n) is 3.11. The van der Waals surface area contributed by atoms with Crippen LogP contribution in [0.4, 0.5) is 5.69 Å². The van der Waals surface area contributed by atoms with E-state index < -0.39 is 0 Å². The lowest BCUT2D eigenvalue weighted by atomic mass is 10.1. The summed E-state index contributed by atoms with van der Waals surface area (Å²) >= 11 is 0. The first-order chi connectivity index (χ1) is 9.06. The number of hydrogen-bond donors (Lipinski definition) is 1. The first-order valence-electron chi connectivity index (χ1n) is 6.86. The Morgan fingerprint density at radius 3 is 2.79 bits per heavy atom. The van der Waals surface area contributed by atoms with Crippen LogP contribution in [0.15, 0.2) is 24.3 Å². The molecule has 2 N–H and O–H groups in total. The molecule has 1 heterocycles. The molecular formula is C16H22N2O. The van der Waals surface area contributed by atoms with Crippen molar-refractivity contribution in [3.8, 4) is 5.75 Å². The molecule has 2 rings (SSSR count). The molecule has 2 aromatic rings. The molecule has 0 aliphatic rings. The predicted octanol–water partition coefficient (Wildman–Crippen LogP) is 3.94. The summed E-state index contributed by atoms with van der Waals surface area (Å²) in [6.07, 6.45) is 2.26. The number of ether oxygens (including phenoxy) is 1. The van der Waals surface area contributed by atoms with Crippen LogP contribution in [0.25, 0.3) is 10.9 Å². The number of rotatable bonds is 5. The van der Waals surface area contributed by atoms with E-state index >= 15 is 0 Å². The Hall–Kier alpha value is -1.77. The Kier molecular flexibility index (Phi) is 4.25. The zero-order valence-electron chi connectivity index (χ0n) is 11.9. The summed E-state index contributed by atoms with van der Waals surface area (Å²) in [5.74, 6) is 1.61. The van der Waals surface area contributed by atoms with Gasteiger partial charge in [0.15, 0.2) is 0 Å². The van der Waals surface area contributed by atoms with Gasteiger partial charge in [0.05, 0.1) is 12.1 Å². The third-order valence-corrected chi connectivity index (χ3v) is 3.11. The van der Waals surface area contributed by atoms with Gasteiger partial charge >= 0.3 is 0 Å². The second kappa shape index (κ2) is 5.91. The van der Waals surface area contributed by atoms with E-state index in [1.165, 1.54) is 6.42 Å². The Morgan fingerprint density at radius 2 is 2.05 bits per heavy atom. The number of aryl methyl sites for hydroxylation is 1. The minimum Gasteiger partial charge on any atom is -0.493 e. The molecule has 102 valence electrons. The van der Waals surface area contributed by atoms with Gasteiger partial charge in [-0.2, -0.15) is 0 Å². The van der Waals surface area contributed by atoms with E-state index in [4.69, 9.17) is 10.5 Å². The zero-order valence-corrected chi connectivity index (χ0v) is 11.9. The molecule has 0 aliphatic carbocycles. The van der Waals surface area contributed by atoms with Crippen LogP contribution in [0.5, 0.6) is 5.75 Å². The van der Waals surface area contributed by atoms with Gasteiger partial charge in [-0.3, -0.25) is 4.98 Å². The lowest BCUT2D eigenvalue weighted by Crippen LogP contribution is -2.01. The molecule has 0 fully saturated rings. The smallest absolute Gasteiger partial charge is 0.130 e. The molecule has 0 amide bonds. The maximum absolute atomic E-state index is 5.91. The van der Waals surface area contributed by atoms with Crippen LogP contribution < -0.4 is 10.5 Å². The van der Waals surface area contributed by atoms with Gasteiger partial charge in [-0.15, -0.1) is 0 Å². The number of anilines is 1. The van der Waals surface area contributed by atoms with Gasteiger partial charge in [-0.05, 0) is 43.9 Å². The van der Waals surface area contributed by atoms with Crippen LogP contribution in [-0.2, 0) is 0 Å². The van der Waals surface area contributed by atoms with Crippen LogP contribution in [0.1, 0.15) is 32.4 Å². The highest BCUT2D eigenvalue weighted by atomic mass is 16.5. The summed E-state index contributed by atoms with van der Waals surface area (Å²) in [4.78, 5) is 4.50. The van der Waals surface area contributed by atoms with E-state index in [1.54, 1.807) is 0 Å². The lowest BCUT2D eigenvalue weighted by Gasteiger charge is -2.11. The molecule has 0 radical (unpaired) electrons. The Labute approximate surface area is 114 Å². The van der Waals surface area contributed by atoms with Crippen LogP contribution in [0.3, 0.4) is 0 Å². The van der Waals surface area contributed by atoms with E-state index in [2.05, 4.69) is 18.8 Å². The van der Waals surface area contributed by atoms with Crippen molar-refractivity contribution in [2.45, 2.75) is 33.6 Å². The van der Waals surface area contributed by atoms with E-state index in [0.717, 1.165) is 47.0 Å². The summed E-state index contributed by atoms with van der Waals surface area (Å²) < 4.78 is 5.91. The molecular weight excluding hydrogens is 236 g/mol. The van der Waals surface area contributed by atoms with Crippen LogP contribution in [0, 0.1) is 12.8 Å². The molecule has 19 heavy (non-hydrogen) atoms. The van der Waals surface area contributed by atoms with Crippen molar-refractivity contribution in [1.29, 1.82) is 0 Å². The summed E-state index contributed by atoms with van der Waals surface area (Å²) in [6.45, 7) is 7.18. The number of pyridine rings is 1. The molecule has 3 nitrogen and oxygen atoms in total. The van der Waals surface area contributed by atoms with Crippen molar-refractivity contribution < 1.29 is 4.74 Å². The number of nitrogens with two attached hydrogens (primary N) is 1. The number of benzene rings is 1. The number of nitrogen functional groups attached to an aromatic ring is 1. The van der Waals surface area contributed by atoms with Crippen LogP contribution >= 0.6 is 0 Å². The quantitative estimate of drug-likeness (QED) is 0.652. The molecule has 1 aromatic heterocycles. The first kappa shape index (κ1) is 13.7. The third kappa shape index (κ3) is 3.60. The van der Waals surface area contributed by atoms with Gasteiger partial charge in [-0.1, -0.05) is 13.8 Å². The largest absolute Gasteiger partial charge is 0.493 e. The number of nitrogens with zero attached hydrogens (tertiary/aromatic N) is 1.